The second-order valence-electron chi connectivity index (χ2n) is 5.90. The summed E-state index contributed by atoms with van der Waals surface area (Å²) in [5.41, 5.74) is 0. The van der Waals surface area contributed by atoms with Crippen LogP contribution < -0.4 is 5.32 Å². The van der Waals surface area contributed by atoms with E-state index in [0.717, 1.165) is 17.7 Å². The molecule has 0 unspecified atom stereocenters. The number of hydrogen-bond donors (Lipinski definition) is 2. The van der Waals surface area contributed by atoms with Crippen molar-refractivity contribution in [3.63, 3.8) is 0 Å². The molecule has 124 valence electrons. The number of aliphatic hydroxyl groups excluding tert-OH is 1. The van der Waals surface area contributed by atoms with E-state index in [4.69, 9.17) is 0 Å². The summed E-state index contributed by atoms with van der Waals surface area (Å²) in [5.74, 6) is 0.640. The van der Waals surface area contributed by atoms with E-state index in [1.807, 2.05) is 24.7 Å². The molecule has 0 saturated carbocycles. The van der Waals surface area contributed by atoms with Gasteiger partial charge < -0.3 is 14.6 Å². The monoisotopic (exact) mass is 335 g/mol. The lowest BCUT2D eigenvalue weighted by Crippen LogP contribution is -2.44. The lowest BCUT2D eigenvalue weighted by Gasteiger charge is -2.34. The number of aryl methyl sites for hydroxylation is 2. The molecule has 0 radical (unpaired) electrons. The van der Waals surface area contributed by atoms with Crippen LogP contribution >= 0.6 is 11.3 Å². The maximum absolute atomic E-state index is 12.4. The number of aliphatic hydroxyl groups is 1. The van der Waals surface area contributed by atoms with E-state index in [1.165, 1.54) is 11.3 Å². The largest absolute Gasteiger partial charge is 0.385 e. The summed E-state index contributed by atoms with van der Waals surface area (Å²) in [6, 6.07) is -0.156. The average molecular weight is 335 g/mol. The number of thiazole rings is 1. The first-order valence-electron chi connectivity index (χ1n) is 7.68. The fourth-order valence-electron chi connectivity index (χ4n) is 2.91. The smallest absolute Gasteiger partial charge is 0.323 e. The highest BCUT2D eigenvalue weighted by atomic mass is 32.1. The number of rotatable bonds is 3. The highest BCUT2D eigenvalue weighted by molar-refractivity contribution is 7.15. The number of hydrogen-bond acceptors (Lipinski definition) is 5. The molecule has 8 heteroatoms. The normalized spacial score (nSPS) is 19.6. The van der Waals surface area contributed by atoms with Crippen molar-refractivity contribution in [1.82, 2.24) is 19.4 Å². The van der Waals surface area contributed by atoms with Gasteiger partial charge >= 0.3 is 6.03 Å². The summed E-state index contributed by atoms with van der Waals surface area (Å²) >= 11 is 1.45. The van der Waals surface area contributed by atoms with Gasteiger partial charge in [-0.1, -0.05) is 0 Å². The van der Waals surface area contributed by atoms with Crippen LogP contribution in [0.3, 0.4) is 0 Å². The van der Waals surface area contributed by atoms with Gasteiger partial charge in [0, 0.05) is 49.5 Å². The first-order valence-corrected chi connectivity index (χ1v) is 8.50. The first-order chi connectivity index (χ1) is 11.0. The van der Waals surface area contributed by atoms with Crippen molar-refractivity contribution in [2.75, 3.05) is 18.4 Å². The molecule has 1 fully saturated rings. The molecule has 0 aromatic carbocycles. The van der Waals surface area contributed by atoms with Crippen LogP contribution in [0.25, 0.3) is 0 Å². The number of anilines is 1. The Kier molecular flexibility index (Phi) is 4.63. The number of imidazole rings is 1. The summed E-state index contributed by atoms with van der Waals surface area (Å²) in [4.78, 5) is 23.6. The van der Waals surface area contributed by atoms with Crippen molar-refractivity contribution in [2.24, 2.45) is 13.0 Å². The van der Waals surface area contributed by atoms with Gasteiger partial charge in [0.15, 0.2) is 5.13 Å². The maximum Gasteiger partial charge on any atom is 0.323 e. The molecule has 1 aliphatic heterocycles. The van der Waals surface area contributed by atoms with Gasteiger partial charge in [0.2, 0.25) is 0 Å². The zero-order valence-electron chi connectivity index (χ0n) is 13.3. The quantitative estimate of drug-likeness (QED) is 0.900. The molecule has 2 aromatic heterocycles. The summed E-state index contributed by atoms with van der Waals surface area (Å²) in [7, 11) is 1.86. The number of likely N-dealkylation sites (tertiary alicyclic amines) is 1. The number of urea groups is 1. The third-order valence-corrected chi connectivity index (χ3v) is 4.98. The molecule has 1 aliphatic rings. The van der Waals surface area contributed by atoms with Gasteiger partial charge in [-0.3, -0.25) is 5.32 Å². The topological polar surface area (TPSA) is 83.3 Å². The van der Waals surface area contributed by atoms with Gasteiger partial charge in [0.1, 0.15) is 11.9 Å². The first kappa shape index (κ1) is 15.9. The Labute approximate surface area is 139 Å². The minimum Gasteiger partial charge on any atom is -0.385 e. The molecule has 7 nitrogen and oxygen atoms in total. The van der Waals surface area contributed by atoms with E-state index in [1.54, 1.807) is 17.3 Å². The second kappa shape index (κ2) is 6.67. The number of aromatic nitrogens is 3. The lowest BCUT2D eigenvalue weighted by molar-refractivity contribution is 0.0552. The minimum absolute atomic E-state index is 0.00590. The van der Waals surface area contributed by atoms with Crippen molar-refractivity contribution in [3.05, 3.63) is 29.3 Å². The van der Waals surface area contributed by atoms with Gasteiger partial charge in [-0.15, -0.1) is 11.3 Å². The molecule has 2 N–H and O–H groups in total. The standard InChI is InChI=1S/C15H21N5O2S/c1-10-8-17-14(23-10)18-15(22)20-6-3-4-11(9-20)12(21)13-16-5-7-19(13)2/h5,7-8,11-12,21H,3-4,6,9H2,1-2H3,(H,17,18,22)/t11-,12+/m1/s1. The molecule has 3 heterocycles. The number of piperidine rings is 1. The Morgan fingerprint density at radius 3 is 3.00 bits per heavy atom. The van der Waals surface area contributed by atoms with E-state index in [9.17, 15) is 9.90 Å². The van der Waals surface area contributed by atoms with Crippen molar-refractivity contribution in [1.29, 1.82) is 0 Å². The Morgan fingerprint density at radius 1 is 1.52 bits per heavy atom. The van der Waals surface area contributed by atoms with Crippen LogP contribution in [-0.2, 0) is 7.05 Å². The van der Waals surface area contributed by atoms with Crippen LogP contribution in [0.15, 0.2) is 18.6 Å². The van der Waals surface area contributed by atoms with Gasteiger partial charge in [-0.05, 0) is 19.8 Å². The number of nitrogens with zero attached hydrogens (tertiary/aromatic N) is 4. The highest BCUT2D eigenvalue weighted by Crippen LogP contribution is 2.29. The predicted octanol–water partition coefficient (Wildman–Crippen LogP) is 2.16. The molecular weight excluding hydrogens is 314 g/mol. The zero-order valence-corrected chi connectivity index (χ0v) is 14.1. The van der Waals surface area contributed by atoms with E-state index >= 15 is 0 Å². The number of amides is 2. The Bertz CT molecular complexity index is 683. The average Bonchev–Trinajstić information content (AvgIpc) is 3.15. The molecule has 2 aromatic rings. The van der Waals surface area contributed by atoms with Crippen molar-refractivity contribution >= 4 is 22.5 Å². The number of carbonyl (C=O) groups is 1. The molecule has 0 spiro atoms. The molecule has 2 atom stereocenters. The highest BCUT2D eigenvalue weighted by Gasteiger charge is 2.31. The Hall–Kier alpha value is -1.93. The molecule has 23 heavy (non-hydrogen) atoms. The zero-order chi connectivity index (χ0) is 16.4. The second-order valence-corrected chi connectivity index (χ2v) is 7.13. The summed E-state index contributed by atoms with van der Waals surface area (Å²) < 4.78 is 1.82. The van der Waals surface area contributed by atoms with E-state index in [0.29, 0.717) is 24.0 Å². The van der Waals surface area contributed by atoms with Gasteiger partial charge in [-0.25, -0.2) is 14.8 Å². The maximum atomic E-state index is 12.4. The molecule has 0 bridgehead atoms. The van der Waals surface area contributed by atoms with E-state index in [2.05, 4.69) is 15.3 Å². The van der Waals surface area contributed by atoms with Crippen molar-refractivity contribution in [2.45, 2.75) is 25.9 Å². The van der Waals surface area contributed by atoms with Crippen LogP contribution in [0.1, 0.15) is 29.6 Å². The number of carbonyl (C=O) groups excluding carboxylic acids is 1. The molecule has 3 rings (SSSR count). The van der Waals surface area contributed by atoms with Gasteiger partial charge in [0.05, 0.1) is 0 Å². The third kappa shape index (κ3) is 3.53. The minimum atomic E-state index is -0.660. The van der Waals surface area contributed by atoms with Crippen LogP contribution in [0.5, 0.6) is 0 Å². The molecule has 0 aliphatic carbocycles. The van der Waals surface area contributed by atoms with E-state index in [-0.39, 0.29) is 11.9 Å². The van der Waals surface area contributed by atoms with Crippen molar-refractivity contribution < 1.29 is 9.90 Å². The van der Waals surface area contributed by atoms with Crippen LogP contribution in [0.2, 0.25) is 0 Å². The Morgan fingerprint density at radius 2 is 2.35 bits per heavy atom. The SMILES string of the molecule is Cc1cnc(NC(=O)N2CCC[C@@H]([C@H](O)c3nccn3C)C2)s1. The summed E-state index contributed by atoms with van der Waals surface area (Å²) in [6.45, 7) is 3.16. The number of nitrogens with one attached hydrogen (secondary N) is 1. The third-order valence-electron chi connectivity index (χ3n) is 4.15. The van der Waals surface area contributed by atoms with Crippen molar-refractivity contribution in [3.8, 4) is 0 Å². The van der Waals surface area contributed by atoms with E-state index < -0.39 is 6.10 Å². The van der Waals surface area contributed by atoms with Gasteiger partial charge in [0.25, 0.3) is 0 Å². The Balaban J connectivity index is 1.63. The predicted molar refractivity (Wildman–Crippen MR) is 88.3 cm³/mol. The molecule has 1 saturated heterocycles. The fourth-order valence-corrected chi connectivity index (χ4v) is 3.56. The lowest BCUT2D eigenvalue weighted by atomic mass is 9.92. The van der Waals surface area contributed by atoms with Gasteiger partial charge in [-0.2, -0.15) is 0 Å². The van der Waals surface area contributed by atoms with Crippen LogP contribution in [-0.4, -0.2) is 43.7 Å². The summed E-state index contributed by atoms with van der Waals surface area (Å²) in [5, 5.41) is 14.0. The summed E-state index contributed by atoms with van der Waals surface area (Å²) in [6.07, 6.45) is 6.33. The molecular formula is C15H21N5O2S. The fraction of sp³-hybridized carbons (Fsp3) is 0.533. The van der Waals surface area contributed by atoms with Crippen LogP contribution in [0, 0.1) is 12.8 Å². The molecule has 2 amide bonds. The van der Waals surface area contributed by atoms with Crippen LogP contribution in [0.4, 0.5) is 9.93 Å².